The first kappa shape index (κ1) is 21.0. The van der Waals surface area contributed by atoms with Gasteiger partial charge in [0.2, 0.25) is 5.91 Å². The molecule has 1 atom stereocenters. The van der Waals surface area contributed by atoms with Crippen LogP contribution in [0, 0.1) is 0 Å². The normalized spacial score (nSPS) is 18.2. The Hall–Kier alpha value is -2.04. The van der Waals surface area contributed by atoms with Gasteiger partial charge in [0.1, 0.15) is 5.60 Å². The van der Waals surface area contributed by atoms with Gasteiger partial charge in [-0.1, -0.05) is 44.2 Å². The van der Waals surface area contributed by atoms with Crippen molar-refractivity contribution in [3.8, 4) is 0 Å². The molecule has 1 saturated heterocycles. The zero-order valence-electron chi connectivity index (χ0n) is 16.4. The molecule has 1 aliphatic heterocycles. The van der Waals surface area contributed by atoms with E-state index in [9.17, 15) is 9.59 Å². The van der Waals surface area contributed by atoms with Gasteiger partial charge in [-0.25, -0.2) is 4.79 Å². The summed E-state index contributed by atoms with van der Waals surface area (Å²) in [5.41, 5.74) is 0.602. The number of hydrogen-bond donors (Lipinski definition) is 0. The molecule has 1 aromatic rings. The smallest absolute Gasteiger partial charge is 0.410 e. The standard InChI is InChI=1S/C18H26N2O3.C2H6/c1-18(2,3)23-17(22)20-11-10-16(21)19(4)13-15(20)12-14-8-6-5-7-9-14;1-2/h5-9,15H,10-13H2,1-4H3;1-2H3. The second-order valence-corrected chi connectivity index (χ2v) is 7.04. The van der Waals surface area contributed by atoms with Gasteiger partial charge in [-0.2, -0.15) is 0 Å². The lowest BCUT2D eigenvalue weighted by molar-refractivity contribution is -0.129. The first-order chi connectivity index (χ1) is 11.8. The highest BCUT2D eigenvalue weighted by atomic mass is 16.6. The van der Waals surface area contributed by atoms with E-state index in [1.807, 2.05) is 65.0 Å². The van der Waals surface area contributed by atoms with Gasteiger partial charge in [0, 0.05) is 26.6 Å². The number of amides is 2. The largest absolute Gasteiger partial charge is 0.444 e. The molecule has 0 N–H and O–H groups in total. The van der Waals surface area contributed by atoms with Crippen molar-refractivity contribution in [2.45, 2.75) is 59.1 Å². The Morgan fingerprint density at radius 3 is 2.36 bits per heavy atom. The molecule has 1 unspecified atom stereocenters. The highest BCUT2D eigenvalue weighted by Crippen LogP contribution is 2.19. The number of nitrogens with zero attached hydrogens (tertiary/aromatic N) is 2. The van der Waals surface area contributed by atoms with Crippen molar-refractivity contribution < 1.29 is 14.3 Å². The van der Waals surface area contributed by atoms with E-state index < -0.39 is 5.60 Å². The summed E-state index contributed by atoms with van der Waals surface area (Å²) in [6.45, 7) is 10.5. The Morgan fingerprint density at radius 2 is 1.80 bits per heavy atom. The number of ether oxygens (including phenoxy) is 1. The molecule has 0 bridgehead atoms. The lowest BCUT2D eigenvalue weighted by atomic mass is 10.0. The summed E-state index contributed by atoms with van der Waals surface area (Å²) in [6.07, 6.45) is 0.695. The second-order valence-electron chi connectivity index (χ2n) is 7.04. The molecule has 140 valence electrons. The third kappa shape index (κ3) is 6.77. The summed E-state index contributed by atoms with van der Waals surface area (Å²) in [7, 11) is 1.79. The first-order valence-corrected chi connectivity index (χ1v) is 9.04. The van der Waals surface area contributed by atoms with Crippen LogP contribution in [-0.2, 0) is 16.0 Å². The van der Waals surface area contributed by atoms with E-state index >= 15 is 0 Å². The highest BCUT2D eigenvalue weighted by molar-refractivity contribution is 5.78. The topological polar surface area (TPSA) is 49.9 Å². The predicted octanol–water partition coefficient (Wildman–Crippen LogP) is 3.72. The molecule has 0 aliphatic carbocycles. The Labute approximate surface area is 151 Å². The zero-order chi connectivity index (χ0) is 19.0. The number of likely N-dealkylation sites (N-methyl/N-ethyl adjacent to an activating group) is 1. The molecule has 0 saturated carbocycles. The van der Waals surface area contributed by atoms with Crippen LogP contribution in [0.5, 0.6) is 0 Å². The van der Waals surface area contributed by atoms with Crippen LogP contribution < -0.4 is 0 Å². The van der Waals surface area contributed by atoms with Crippen molar-refractivity contribution in [3.63, 3.8) is 0 Å². The van der Waals surface area contributed by atoms with Crippen molar-refractivity contribution in [2.75, 3.05) is 20.1 Å². The van der Waals surface area contributed by atoms with Gasteiger partial charge >= 0.3 is 6.09 Å². The Morgan fingerprint density at radius 1 is 1.20 bits per heavy atom. The molecule has 1 fully saturated rings. The molecule has 25 heavy (non-hydrogen) atoms. The highest BCUT2D eigenvalue weighted by Gasteiger charge is 2.33. The molecule has 1 heterocycles. The lowest BCUT2D eigenvalue weighted by Gasteiger charge is -2.32. The quantitative estimate of drug-likeness (QED) is 0.818. The Kier molecular flexibility index (Phi) is 7.94. The van der Waals surface area contributed by atoms with E-state index in [2.05, 4.69) is 0 Å². The molecule has 0 spiro atoms. The molecule has 0 aromatic heterocycles. The van der Waals surface area contributed by atoms with Gasteiger partial charge in [-0.05, 0) is 32.8 Å². The summed E-state index contributed by atoms with van der Waals surface area (Å²) in [4.78, 5) is 28.0. The van der Waals surface area contributed by atoms with Crippen LogP contribution in [0.25, 0.3) is 0 Å². The van der Waals surface area contributed by atoms with Crippen LogP contribution in [0.3, 0.4) is 0 Å². The van der Waals surface area contributed by atoms with Crippen LogP contribution in [0.2, 0.25) is 0 Å². The van der Waals surface area contributed by atoms with Crippen LogP contribution in [0.15, 0.2) is 30.3 Å². The minimum atomic E-state index is -0.545. The van der Waals surface area contributed by atoms with Crippen molar-refractivity contribution >= 4 is 12.0 Å². The van der Waals surface area contributed by atoms with E-state index in [0.717, 1.165) is 5.56 Å². The van der Waals surface area contributed by atoms with E-state index in [0.29, 0.717) is 25.9 Å². The number of benzene rings is 1. The molecular weight excluding hydrogens is 316 g/mol. The van der Waals surface area contributed by atoms with E-state index in [1.165, 1.54) is 0 Å². The fraction of sp³-hybridized carbons (Fsp3) is 0.600. The SMILES string of the molecule is CC.CN1CC(Cc2ccccc2)N(C(=O)OC(C)(C)C)CCC1=O. The first-order valence-electron chi connectivity index (χ1n) is 9.04. The monoisotopic (exact) mass is 348 g/mol. The molecular formula is C20H32N2O3. The summed E-state index contributed by atoms with van der Waals surface area (Å²) < 4.78 is 5.53. The Balaban J connectivity index is 0.00000151. The number of rotatable bonds is 2. The van der Waals surface area contributed by atoms with Crippen molar-refractivity contribution in [2.24, 2.45) is 0 Å². The number of carbonyl (C=O) groups is 2. The average Bonchev–Trinajstić information content (AvgIpc) is 2.68. The minimum absolute atomic E-state index is 0.0640. The summed E-state index contributed by atoms with van der Waals surface area (Å²) in [5, 5.41) is 0. The van der Waals surface area contributed by atoms with Crippen molar-refractivity contribution in [3.05, 3.63) is 35.9 Å². The van der Waals surface area contributed by atoms with Gasteiger partial charge < -0.3 is 14.5 Å². The summed E-state index contributed by atoms with van der Waals surface area (Å²) in [5.74, 6) is 0.0640. The van der Waals surface area contributed by atoms with Gasteiger partial charge in [-0.3, -0.25) is 4.79 Å². The van der Waals surface area contributed by atoms with Crippen LogP contribution in [-0.4, -0.2) is 53.6 Å². The van der Waals surface area contributed by atoms with Gasteiger partial charge in [0.25, 0.3) is 0 Å². The second kappa shape index (κ2) is 9.44. The number of hydrogen-bond acceptors (Lipinski definition) is 3. The molecule has 5 heteroatoms. The third-order valence-electron chi connectivity index (χ3n) is 3.86. The molecule has 1 aromatic carbocycles. The summed E-state index contributed by atoms with van der Waals surface area (Å²) >= 11 is 0. The summed E-state index contributed by atoms with van der Waals surface area (Å²) in [6, 6.07) is 9.94. The van der Waals surface area contributed by atoms with Crippen LogP contribution in [0.4, 0.5) is 4.79 Å². The third-order valence-corrected chi connectivity index (χ3v) is 3.86. The number of carbonyl (C=O) groups excluding carboxylic acids is 2. The molecule has 2 amide bonds. The molecule has 0 radical (unpaired) electrons. The molecule has 1 aliphatic rings. The maximum atomic E-state index is 12.6. The van der Waals surface area contributed by atoms with Gasteiger partial charge in [-0.15, -0.1) is 0 Å². The Bertz CT molecular complexity index is 552. The molecule has 2 rings (SSSR count). The predicted molar refractivity (Wildman–Crippen MR) is 100 cm³/mol. The fourth-order valence-electron chi connectivity index (χ4n) is 2.73. The van der Waals surface area contributed by atoms with Crippen LogP contribution >= 0.6 is 0 Å². The maximum Gasteiger partial charge on any atom is 0.410 e. The lowest BCUT2D eigenvalue weighted by Crippen LogP contribution is -2.47. The fourth-order valence-corrected chi connectivity index (χ4v) is 2.73. The van der Waals surface area contributed by atoms with Gasteiger partial charge in [0.15, 0.2) is 0 Å². The van der Waals surface area contributed by atoms with E-state index in [1.54, 1.807) is 16.8 Å². The average molecular weight is 348 g/mol. The van der Waals surface area contributed by atoms with Crippen molar-refractivity contribution in [1.82, 2.24) is 9.80 Å². The zero-order valence-corrected chi connectivity index (χ0v) is 16.4. The van der Waals surface area contributed by atoms with E-state index in [-0.39, 0.29) is 18.0 Å². The van der Waals surface area contributed by atoms with Crippen molar-refractivity contribution in [1.29, 1.82) is 0 Å². The minimum Gasteiger partial charge on any atom is -0.444 e. The van der Waals surface area contributed by atoms with E-state index in [4.69, 9.17) is 4.74 Å². The maximum absolute atomic E-state index is 12.6. The molecule has 5 nitrogen and oxygen atoms in total. The van der Waals surface area contributed by atoms with Crippen LogP contribution in [0.1, 0.15) is 46.6 Å². The van der Waals surface area contributed by atoms with Gasteiger partial charge in [0.05, 0.1) is 6.04 Å².